The van der Waals surface area contributed by atoms with Gasteiger partial charge < -0.3 is 10.8 Å². The zero-order chi connectivity index (χ0) is 11.3. The molecule has 1 fully saturated rings. The number of rotatable bonds is 5. The molecule has 90 valence electrons. The van der Waals surface area contributed by atoms with Crippen LogP contribution in [-0.2, 0) is 0 Å². The van der Waals surface area contributed by atoms with Crippen LogP contribution in [0.1, 0.15) is 33.1 Å². The second-order valence-electron chi connectivity index (χ2n) is 5.07. The van der Waals surface area contributed by atoms with E-state index in [1.165, 1.54) is 12.8 Å². The van der Waals surface area contributed by atoms with Crippen LogP contribution in [0.25, 0.3) is 0 Å². The van der Waals surface area contributed by atoms with Crippen molar-refractivity contribution in [3.8, 4) is 0 Å². The molecule has 0 aromatic carbocycles. The van der Waals surface area contributed by atoms with Gasteiger partial charge in [0, 0.05) is 12.6 Å². The molecule has 1 aliphatic rings. The van der Waals surface area contributed by atoms with Gasteiger partial charge in [-0.25, -0.2) is 0 Å². The van der Waals surface area contributed by atoms with Gasteiger partial charge in [-0.2, -0.15) is 0 Å². The Hall–Kier alpha value is -0.120. The monoisotopic (exact) mass is 214 g/mol. The minimum atomic E-state index is 0.301. The first-order valence-electron chi connectivity index (χ1n) is 6.24. The van der Waals surface area contributed by atoms with Crippen LogP contribution in [0.3, 0.4) is 0 Å². The third-order valence-corrected chi connectivity index (χ3v) is 3.67. The molecule has 3 nitrogen and oxygen atoms in total. The first-order chi connectivity index (χ1) is 7.19. The molecule has 0 spiro atoms. The van der Waals surface area contributed by atoms with Gasteiger partial charge in [-0.3, -0.25) is 4.90 Å². The molecule has 3 heteroatoms. The topological polar surface area (TPSA) is 49.5 Å². The van der Waals surface area contributed by atoms with Crippen LogP contribution in [-0.4, -0.2) is 42.3 Å². The lowest BCUT2D eigenvalue weighted by Crippen LogP contribution is -2.46. The average Bonchev–Trinajstić information content (AvgIpc) is 2.25. The van der Waals surface area contributed by atoms with Gasteiger partial charge in [0.2, 0.25) is 0 Å². The fraction of sp³-hybridized carbons (Fsp3) is 1.00. The Kier molecular flexibility index (Phi) is 5.58. The van der Waals surface area contributed by atoms with Crippen molar-refractivity contribution < 1.29 is 5.11 Å². The van der Waals surface area contributed by atoms with Gasteiger partial charge in [0.1, 0.15) is 0 Å². The second-order valence-corrected chi connectivity index (χ2v) is 5.07. The molecule has 0 saturated carbocycles. The molecule has 3 N–H and O–H groups in total. The van der Waals surface area contributed by atoms with Crippen LogP contribution in [0, 0.1) is 11.8 Å². The van der Waals surface area contributed by atoms with Crippen molar-refractivity contribution in [3.05, 3.63) is 0 Å². The maximum atomic E-state index is 9.31. The van der Waals surface area contributed by atoms with Crippen molar-refractivity contribution in [2.75, 3.05) is 26.2 Å². The standard InChI is InChI=1S/C12H26N2O/c1-10(2)11(7-13)8-14-6-4-3-5-12(14)9-15/h10-12,15H,3-9,13H2,1-2H3. The Bertz CT molecular complexity index is 173. The fourth-order valence-corrected chi connectivity index (χ4v) is 2.37. The molecule has 0 aromatic heterocycles. The Morgan fingerprint density at radius 3 is 2.67 bits per heavy atom. The van der Waals surface area contributed by atoms with Crippen LogP contribution in [0.4, 0.5) is 0 Å². The van der Waals surface area contributed by atoms with E-state index >= 15 is 0 Å². The van der Waals surface area contributed by atoms with E-state index in [0.717, 1.165) is 26.1 Å². The van der Waals surface area contributed by atoms with Crippen LogP contribution in [0.15, 0.2) is 0 Å². The van der Waals surface area contributed by atoms with Crippen LogP contribution in [0.2, 0.25) is 0 Å². The summed E-state index contributed by atoms with van der Waals surface area (Å²) < 4.78 is 0. The number of aliphatic hydroxyl groups is 1. The third kappa shape index (κ3) is 3.74. The first-order valence-corrected chi connectivity index (χ1v) is 6.24. The normalized spacial score (nSPS) is 25.8. The van der Waals surface area contributed by atoms with E-state index in [1.54, 1.807) is 0 Å². The van der Waals surface area contributed by atoms with Gasteiger partial charge in [0.05, 0.1) is 6.61 Å². The maximum Gasteiger partial charge on any atom is 0.0586 e. The molecule has 0 amide bonds. The Labute approximate surface area is 93.6 Å². The molecule has 1 rings (SSSR count). The lowest BCUT2D eigenvalue weighted by atomic mass is 9.93. The average molecular weight is 214 g/mol. The minimum absolute atomic E-state index is 0.301. The summed E-state index contributed by atoms with van der Waals surface area (Å²) in [7, 11) is 0. The molecular formula is C12H26N2O. The molecule has 15 heavy (non-hydrogen) atoms. The summed E-state index contributed by atoms with van der Waals surface area (Å²) in [5.41, 5.74) is 5.79. The lowest BCUT2D eigenvalue weighted by Gasteiger charge is -2.37. The van der Waals surface area contributed by atoms with Gasteiger partial charge in [0.15, 0.2) is 0 Å². The van der Waals surface area contributed by atoms with Gasteiger partial charge in [-0.05, 0) is 37.8 Å². The zero-order valence-corrected chi connectivity index (χ0v) is 10.2. The molecule has 1 heterocycles. The molecule has 1 saturated heterocycles. The largest absolute Gasteiger partial charge is 0.395 e. The lowest BCUT2D eigenvalue weighted by molar-refractivity contribution is 0.0699. The number of nitrogens with zero attached hydrogens (tertiary/aromatic N) is 1. The Morgan fingerprint density at radius 2 is 2.13 bits per heavy atom. The number of aliphatic hydroxyl groups excluding tert-OH is 1. The van der Waals surface area contributed by atoms with E-state index in [2.05, 4.69) is 18.7 Å². The number of hydrogen-bond acceptors (Lipinski definition) is 3. The predicted molar refractivity (Wildman–Crippen MR) is 63.7 cm³/mol. The molecule has 2 unspecified atom stereocenters. The first kappa shape index (κ1) is 12.9. The van der Waals surface area contributed by atoms with Crippen molar-refractivity contribution in [2.45, 2.75) is 39.2 Å². The smallest absolute Gasteiger partial charge is 0.0586 e. The van der Waals surface area contributed by atoms with Crippen molar-refractivity contribution in [2.24, 2.45) is 17.6 Å². The summed E-state index contributed by atoms with van der Waals surface area (Å²) in [6.07, 6.45) is 3.68. The van der Waals surface area contributed by atoms with Crippen molar-refractivity contribution >= 4 is 0 Å². The highest BCUT2D eigenvalue weighted by Gasteiger charge is 2.24. The fourth-order valence-electron chi connectivity index (χ4n) is 2.37. The summed E-state index contributed by atoms with van der Waals surface area (Å²) in [5.74, 6) is 1.20. The van der Waals surface area contributed by atoms with Crippen LogP contribution >= 0.6 is 0 Å². The number of nitrogens with two attached hydrogens (primary N) is 1. The molecule has 0 radical (unpaired) electrons. The zero-order valence-electron chi connectivity index (χ0n) is 10.2. The molecule has 0 bridgehead atoms. The highest BCUT2D eigenvalue weighted by molar-refractivity contribution is 4.79. The van der Waals surface area contributed by atoms with Gasteiger partial charge >= 0.3 is 0 Å². The SMILES string of the molecule is CC(C)C(CN)CN1CCCCC1CO. The predicted octanol–water partition coefficient (Wildman–Crippen LogP) is 1.06. The van der Waals surface area contributed by atoms with E-state index in [-0.39, 0.29) is 0 Å². The van der Waals surface area contributed by atoms with Gasteiger partial charge in [-0.1, -0.05) is 20.3 Å². The highest BCUT2D eigenvalue weighted by Crippen LogP contribution is 2.20. The van der Waals surface area contributed by atoms with Crippen molar-refractivity contribution in [1.29, 1.82) is 0 Å². The number of piperidine rings is 1. The Morgan fingerprint density at radius 1 is 1.40 bits per heavy atom. The summed E-state index contributed by atoms with van der Waals surface area (Å²) in [5, 5.41) is 9.31. The maximum absolute atomic E-state index is 9.31. The summed E-state index contributed by atoms with van der Waals surface area (Å²) >= 11 is 0. The Balaban J connectivity index is 2.46. The van der Waals surface area contributed by atoms with Crippen LogP contribution in [0.5, 0.6) is 0 Å². The van der Waals surface area contributed by atoms with E-state index in [4.69, 9.17) is 5.73 Å². The van der Waals surface area contributed by atoms with Crippen LogP contribution < -0.4 is 5.73 Å². The van der Waals surface area contributed by atoms with E-state index < -0.39 is 0 Å². The number of hydrogen-bond donors (Lipinski definition) is 2. The minimum Gasteiger partial charge on any atom is -0.395 e. The van der Waals surface area contributed by atoms with E-state index in [0.29, 0.717) is 24.5 Å². The molecule has 2 atom stereocenters. The molecular weight excluding hydrogens is 188 g/mol. The number of likely N-dealkylation sites (tertiary alicyclic amines) is 1. The van der Waals surface area contributed by atoms with E-state index in [1.807, 2.05) is 0 Å². The van der Waals surface area contributed by atoms with Gasteiger partial charge in [0.25, 0.3) is 0 Å². The molecule has 1 aliphatic heterocycles. The van der Waals surface area contributed by atoms with Crippen molar-refractivity contribution in [3.63, 3.8) is 0 Å². The third-order valence-electron chi connectivity index (χ3n) is 3.67. The summed E-state index contributed by atoms with van der Waals surface area (Å²) in [6.45, 7) is 7.71. The quantitative estimate of drug-likeness (QED) is 0.719. The molecule has 0 aliphatic carbocycles. The van der Waals surface area contributed by atoms with Gasteiger partial charge in [-0.15, -0.1) is 0 Å². The second kappa shape index (κ2) is 6.46. The highest BCUT2D eigenvalue weighted by atomic mass is 16.3. The van der Waals surface area contributed by atoms with Crippen molar-refractivity contribution in [1.82, 2.24) is 4.90 Å². The van der Waals surface area contributed by atoms with E-state index in [9.17, 15) is 5.11 Å². The molecule has 0 aromatic rings. The summed E-state index contributed by atoms with van der Waals surface area (Å²) in [4.78, 5) is 2.43. The summed E-state index contributed by atoms with van der Waals surface area (Å²) in [6, 6.07) is 0.381.